The SMILES string of the molecule is CC1=CSC2=NC(=O)/C(=C/c3cc(C)n(-c4cc(C)ccc4C)c3C)C(=N)N12. The maximum absolute atomic E-state index is 12.6. The number of amides is 1. The summed E-state index contributed by atoms with van der Waals surface area (Å²) in [5, 5.41) is 11.0. The van der Waals surface area contributed by atoms with Crippen LogP contribution in [0.5, 0.6) is 0 Å². The summed E-state index contributed by atoms with van der Waals surface area (Å²) < 4.78 is 2.21. The van der Waals surface area contributed by atoms with Crippen molar-refractivity contribution in [2.45, 2.75) is 34.6 Å². The number of allylic oxidation sites excluding steroid dienone is 1. The van der Waals surface area contributed by atoms with Crippen LogP contribution in [0.15, 0.2) is 45.9 Å². The third-order valence-electron chi connectivity index (χ3n) is 5.16. The Bertz CT molecular complexity index is 1130. The number of carbonyl (C=O) groups is 1. The van der Waals surface area contributed by atoms with Crippen LogP contribution in [0.1, 0.15) is 35.0 Å². The fraction of sp³-hybridized carbons (Fsp3) is 0.227. The first kappa shape index (κ1) is 18.5. The predicted molar refractivity (Wildman–Crippen MR) is 116 cm³/mol. The maximum atomic E-state index is 12.6. The van der Waals surface area contributed by atoms with Crippen molar-refractivity contribution in [3.63, 3.8) is 0 Å². The minimum Gasteiger partial charge on any atom is -0.318 e. The molecule has 5 nitrogen and oxygen atoms in total. The highest BCUT2D eigenvalue weighted by molar-refractivity contribution is 8.16. The van der Waals surface area contributed by atoms with E-state index < -0.39 is 0 Å². The highest BCUT2D eigenvalue weighted by Crippen LogP contribution is 2.33. The number of aromatic nitrogens is 1. The molecule has 2 aromatic rings. The van der Waals surface area contributed by atoms with E-state index in [1.165, 1.54) is 22.9 Å². The fourth-order valence-corrected chi connectivity index (χ4v) is 4.52. The van der Waals surface area contributed by atoms with Gasteiger partial charge in [0.1, 0.15) is 5.84 Å². The lowest BCUT2D eigenvalue weighted by Gasteiger charge is -2.25. The minimum atomic E-state index is -0.358. The molecule has 1 aromatic heterocycles. The van der Waals surface area contributed by atoms with Gasteiger partial charge in [-0.25, -0.2) is 0 Å². The zero-order valence-electron chi connectivity index (χ0n) is 16.6. The molecule has 0 saturated heterocycles. The quantitative estimate of drug-likeness (QED) is 0.744. The molecule has 0 aliphatic carbocycles. The Morgan fingerprint density at radius 1 is 1.11 bits per heavy atom. The number of amidine groups is 2. The molecule has 1 aromatic carbocycles. The van der Waals surface area contributed by atoms with Crippen LogP contribution in [-0.4, -0.2) is 26.4 Å². The Balaban J connectivity index is 1.82. The molecule has 0 spiro atoms. The van der Waals surface area contributed by atoms with Crippen LogP contribution in [0, 0.1) is 33.1 Å². The Morgan fingerprint density at radius 3 is 2.61 bits per heavy atom. The van der Waals surface area contributed by atoms with E-state index in [1.54, 1.807) is 11.0 Å². The van der Waals surface area contributed by atoms with Crippen molar-refractivity contribution in [1.29, 1.82) is 5.41 Å². The van der Waals surface area contributed by atoms with Gasteiger partial charge in [-0.3, -0.25) is 15.1 Å². The number of fused-ring (bicyclic) bond motifs is 1. The van der Waals surface area contributed by atoms with Crippen molar-refractivity contribution in [3.05, 3.63) is 69.0 Å². The Kier molecular flexibility index (Phi) is 4.38. The van der Waals surface area contributed by atoms with Crippen LogP contribution in [0.3, 0.4) is 0 Å². The summed E-state index contributed by atoms with van der Waals surface area (Å²) in [7, 11) is 0. The van der Waals surface area contributed by atoms with E-state index >= 15 is 0 Å². The lowest BCUT2D eigenvalue weighted by atomic mass is 10.1. The zero-order valence-corrected chi connectivity index (χ0v) is 17.4. The van der Waals surface area contributed by atoms with E-state index in [0.29, 0.717) is 10.7 Å². The third kappa shape index (κ3) is 2.85. The molecule has 142 valence electrons. The standard InChI is InChI=1S/C22H22N4OS/c1-12-6-7-13(2)19(8-12)25-14(3)9-17(16(25)5)10-18-20(23)26-15(4)11-28-22(26)24-21(18)27/h6-11,23H,1-5H3/b18-10+,23-20?. The van der Waals surface area contributed by atoms with Crippen molar-refractivity contribution in [1.82, 2.24) is 9.47 Å². The lowest BCUT2D eigenvalue weighted by molar-refractivity contribution is -0.114. The number of hydrogen-bond acceptors (Lipinski definition) is 3. The number of thioether (sulfide) groups is 1. The molecule has 0 saturated carbocycles. The number of nitrogens with one attached hydrogen (secondary N) is 1. The smallest absolute Gasteiger partial charge is 0.283 e. The summed E-state index contributed by atoms with van der Waals surface area (Å²) in [6.45, 7) is 10.2. The minimum absolute atomic E-state index is 0.185. The Hall–Kier alpha value is -2.86. The molecule has 2 aliphatic heterocycles. The van der Waals surface area contributed by atoms with Gasteiger partial charge in [-0.2, -0.15) is 4.99 Å². The predicted octanol–water partition coefficient (Wildman–Crippen LogP) is 4.88. The summed E-state index contributed by atoms with van der Waals surface area (Å²) in [6.07, 6.45) is 1.80. The van der Waals surface area contributed by atoms with Crippen molar-refractivity contribution >= 4 is 34.7 Å². The molecule has 1 amide bonds. The number of nitrogens with zero attached hydrogens (tertiary/aromatic N) is 3. The summed E-state index contributed by atoms with van der Waals surface area (Å²) in [6, 6.07) is 8.47. The van der Waals surface area contributed by atoms with Gasteiger partial charge in [0.05, 0.1) is 5.57 Å². The van der Waals surface area contributed by atoms with E-state index in [2.05, 4.69) is 54.6 Å². The van der Waals surface area contributed by atoms with Crippen LogP contribution < -0.4 is 0 Å². The summed E-state index contributed by atoms with van der Waals surface area (Å²) >= 11 is 1.38. The molecular formula is C22H22N4OS. The summed E-state index contributed by atoms with van der Waals surface area (Å²) in [5.41, 5.74) is 7.82. The van der Waals surface area contributed by atoms with E-state index in [-0.39, 0.29) is 11.7 Å². The number of aryl methyl sites for hydroxylation is 3. The van der Waals surface area contributed by atoms with Gasteiger partial charge in [-0.15, -0.1) is 0 Å². The first-order valence-electron chi connectivity index (χ1n) is 9.11. The van der Waals surface area contributed by atoms with Crippen LogP contribution in [0.4, 0.5) is 0 Å². The summed E-state index contributed by atoms with van der Waals surface area (Å²) in [4.78, 5) is 18.5. The highest BCUT2D eigenvalue weighted by atomic mass is 32.2. The molecule has 0 atom stereocenters. The topological polar surface area (TPSA) is 61.5 Å². The van der Waals surface area contributed by atoms with Crippen molar-refractivity contribution in [2.24, 2.45) is 4.99 Å². The number of aliphatic imine (C=N–C) groups is 1. The van der Waals surface area contributed by atoms with E-state index in [1.807, 2.05) is 19.3 Å². The monoisotopic (exact) mass is 390 g/mol. The van der Waals surface area contributed by atoms with Crippen molar-refractivity contribution in [2.75, 3.05) is 0 Å². The summed E-state index contributed by atoms with van der Waals surface area (Å²) in [5.74, 6) is -0.173. The highest BCUT2D eigenvalue weighted by Gasteiger charge is 2.34. The van der Waals surface area contributed by atoms with E-state index in [9.17, 15) is 4.79 Å². The van der Waals surface area contributed by atoms with Gasteiger partial charge in [0, 0.05) is 22.8 Å². The van der Waals surface area contributed by atoms with Crippen molar-refractivity contribution in [3.8, 4) is 5.69 Å². The average molecular weight is 391 g/mol. The van der Waals surface area contributed by atoms with Crippen LogP contribution in [0.2, 0.25) is 0 Å². The molecule has 1 N–H and O–H groups in total. The lowest BCUT2D eigenvalue weighted by Crippen LogP contribution is -2.37. The zero-order chi connectivity index (χ0) is 20.2. The molecule has 6 heteroatoms. The van der Waals surface area contributed by atoms with Gasteiger partial charge >= 0.3 is 0 Å². The van der Waals surface area contributed by atoms with Gasteiger partial charge in [-0.05, 0) is 74.9 Å². The molecule has 3 heterocycles. The van der Waals surface area contributed by atoms with E-state index in [4.69, 9.17) is 5.41 Å². The first-order valence-corrected chi connectivity index (χ1v) is 9.99. The normalized spacial score (nSPS) is 17.9. The number of hydrogen-bond donors (Lipinski definition) is 1. The molecule has 28 heavy (non-hydrogen) atoms. The van der Waals surface area contributed by atoms with Gasteiger partial charge < -0.3 is 4.57 Å². The largest absolute Gasteiger partial charge is 0.318 e. The number of carbonyl (C=O) groups excluding carboxylic acids is 1. The fourth-order valence-electron chi connectivity index (χ4n) is 3.66. The third-order valence-corrected chi connectivity index (χ3v) is 6.10. The molecule has 4 rings (SSSR count). The molecule has 2 aliphatic rings. The second kappa shape index (κ2) is 6.63. The van der Waals surface area contributed by atoms with Crippen LogP contribution in [0.25, 0.3) is 11.8 Å². The Morgan fingerprint density at radius 2 is 1.86 bits per heavy atom. The molecule has 0 unspecified atom stereocenters. The Labute approximate surface area is 169 Å². The van der Waals surface area contributed by atoms with E-state index in [0.717, 1.165) is 28.3 Å². The molecule has 0 bridgehead atoms. The second-order valence-electron chi connectivity index (χ2n) is 7.27. The first-order chi connectivity index (χ1) is 13.3. The van der Waals surface area contributed by atoms with Gasteiger partial charge in [0.2, 0.25) is 0 Å². The van der Waals surface area contributed by atoms with Gasteiger partial charge in [0.15, 0.2) is 5.17 Å². The van der Waals surface area contributed by atoms with Gasteiger partial charge in [0.25, 0.3) is 5.91 Å². The van der Waals surface area contributed by atoms with Crippen LogP contribution >= 0.6 is 11.8 Å². The maximum Gasteiger partial charge on any atom is 0.283 e. The number of rotatable bonds is 2. The average Bonchev–Trinajstić information content (AvgIpc) is 3.13. The van der Waals surface area contributed by atoms with Crippen LogP contribution in [-0.2, 0) is 4.79 Å². The number of benzene rings is 1. The molecular weight excluding hydrogens is 368 g/mol. The van der Waals surface area contributed by atoms with Crippen molar-refractivity contribution < 1.29 is 4.79 Å². The van der Waals surface area contributed by atoms with Gasteiger partial charge in [-0.1, -0.05) is 23.9 Å². The molecule has 0 radical (unpaired) electrons. The molecule has 0 fully saturated rings. The second-order valence-corrected chi connectivity index (χ2v) is 8.11.